The van der Waals surface area contributed by atoms with Gasteiger partial charge in [-0.2, -0.15) is 0 Å². The zero-order chi connectivity index (χ0) is 62.8. The molecule has 0 aliphatic carbocycles. The SMILES string of the molecule is CC[C@H]1OC(=O)[C@H](C)[C@@H](C2C[C@@](C)(OC)[C@@H](O)[C@H](C)O2)[C@H](C)[C@@H](O[C@@H]2O[C@H](C)C[C@H](N(C)C)[C@H]2O)[C@](C)(O)C[C@@H](C)CN(C(=O)CCCCCCCCCCC[PH](c2cccc(C)c2)(c2cccc(C)c2)c2cccc(C)c2)[C@H](C)[C@@H](O)[C@]1(C)O. The molecule has 5 N–H and O–H groups in total. The van der Waals surface area contributed by atoms with Gasteiger partial charge in [-0.15, -0.1) is 0 Å². The van der Waals surface area contributed by atoms with Crippen molar-refractivity contribution < 1.29 is 58.8 Å². The zero-order valence-electron chi connectivity index (χ0n) is 54.9. The Labute approximate surface area is 512 Å². The maximum Gasteiger partial charge on any atom is 0.126 e. The minimum absolute atomic E-state index is 0.106. The van der Waals surface area contributed by atoms with Crippen LogP contribution >= 0.6 is 7.26 Å². The van der Waals surface area contributed by atoms with Gasteiger partial charge < -0.3 is 59.0 Å². The summed E-state index contributed by atoms with van der Waals surface area (Å²) in [4.78, 5) is 33.1. The number of amides is 1. The summed E-state index contributed by atoms with van der Waals surface area (Å²) in [6.45, 7) is 24.5. The molecule has 0 saturated carbocycles. The molecule has 1 unspecified atom stereocenters. The molecule has 1 amide bonds. The van der Waals surface area contributed by atoms with Crippen molar-refractivity contribution in [3.63, 3.8) is 0 Å². The summed E-state index contributed by atoms with van der Waals surface area (Å²) in [6, 6.07) is 26.5. The topological polar surface area (TPSA) is 188 Å². The Balaban J connectivity index is 1.16. The van der Waals surface area contributed by atoms with Crippen molar-refractivity contribution in [2.24, 2.45) is 23.7 Å². The van der Waals surface area contributed by atoms with Crippen LogP contribution in [0.25, 0.3) is 0 Å². The van der Waals surface area contributed by atoms with Crippen LogP contribution < -0.4 is 15.9 Å². The van der Waals surface area contributed by atoms with Crippen molar-refractivity contribution in [3.8, 4) is 0 Å². The smallest absolute Gasteiger partial charge is 0.126 e. The van der Waals surface area contributed by atoms with E-state index in [9.17, 15) is 35.1 Å². The first-order chi connectivity index (χ1) is 40.0. The molecule has 3 fully saturated rings. The summed E-state index contributed by atoms with van der Waals surface area (Å²) >= 11 is 0. The van der Waals surface area contributed by atoms with Gasteiger partial charge in [-0.3, -0.25) is 9.59 Å². The summed E-state index contributed by atoms with van der Waals surface area (Å²) < 4.78 is 32.2. The van der Waals surface area contributed by atoms with Crippen LogP contribution in [0.3, 0.4) is 0 Å². The molecular weight excluding hydrogens is 1090 g/mol. The molecule has 480 valence electrons. The largest absolute Gasteiger partial charge is 0.388 e. The van der Waals surface area contributed by atoms with Gasteiger partial charge in [0.15, 0.2) is 6.29 Å². The van der Waals surface area contributed by atoms with Crippen molar-refractivity contribution in [1.82, 2.24) is 9.80 Å². The van der Waals surface area contributed by atoms with Crippen LogP contribution in [-0.2, 0) is 33.3 Å². The Bertz CT molecular complexity index is 2470. The second-order valence-corrected chi connectivity index (χ2v) is 31.6. The molecule has 0 bridgehead atoms. The number of carbonyl (C=O) groups is 2. The number of aliphatic hydroxyl groups is 5. The molecule has 0 spiro atoms. The number of aliphatic hydroxyl groups excluding tert-OH is 3. The van der Waals surface area contributed by atoms with Gasteiger partial charge in [-0.25, -0.2) is 0 Å². The number of nitrogens with zero attached hydrogens (tertiary/aromatic N) is 2. The van der Waals surface area contributed by atoms with Crippen LogP contribution in [0.15, 0.2) is 72.8 Å². The number of esters is 1. The van der Waals surface area contributed by atoms with Gasteiger partial charge in [0, 0.05) is 32.0 Å². The van der Waals surface area contributed by atoms with E-state index in [1.165, 1.54) is 59.5 Å². The summed E-state index contributed by atoms with van der Waals surface area (Å²) in [6.07, 6.45) is 3.01. The number of hydrogen-bond acceptors (Lipinski definition) is 13. The van der Waals surface area contributed by atoms with Crippen molar-refractivity contribution in [3.05, 3.63) is 89.5 Å². The molecule has 3 aliphatic rings. The molecule has 0 aromatic heterocycles. The van der Waals surface area contributed by atoms with E-state index in [0.717, 1.165) is 44.7 Å². The van der Waals surface area contributed by atoms with E-state index in [2.05, 4.69) is 93.6 Å². The molecule has 18 atom stereocenters. The minimum atomic E-state index is -2.34. The predicted molar refractivity (Wildman–Crippen MR) is 344 cm³/mol. The van der Waals surface area contributed by atoms with Gasteiger partial charge in [0.25, 0.3) is 0 Å². The van der Waals surface area contributed by atoms with E-state index in [4.69, 9.17) is 23.7 Å². The van der Waals surface area contributed by atoms with Gasteiger partial charge in [-0.1, -0.05) is 27.7 Å². The predicted octanol–water partition coefficient (Wildman–Crippen LogP) is 9.62. The van der Waals surface area contributed by atoms with E-state index in [-0.39, 0.29) is 56.2 Å². The second-order valence-electron chi connectivity index (χ2n) is 27.6. The standard InChI is InChI=1S/C70H113N2O12P/c1-17-59-70(13,79)63(75)52(9)72(60(73)36-25-23-21-19-18-20-22-24-26-37-85(54-33-27-30-45(2)38-54,55-34-28-31-46(3)39-55)56-35-29-32-47(4)40-56)44-48(5)42-68(11,78)65(84-67-62(74)57(71(14)15)41-49(6)81-67)50(7)61(51(8)66(77)83-59)58-43-69(12,80-16)64(76)53(10)82-58/h27-35,38-40,48-53,57-59,61-65,67,74-76,78-79,85H,17-26,36-37,41-44H2,1-16H3/t48-,49-,50+,51-,52-,53+,57+,58?,59-,61+,62-,63-,64+,65-,67+,68-,69-,70-/m1/s1. The van der Waals surface area contributed by atoms with Crippen molar-refractivity contribution >= 4 is 35.1 Å². The average molecular weight is 1210 g/mol. The van der Waals surface area contributed by atoms with Crippen molar-refractivity contribution in [2.75, 3.05) is 33.9 Å². The monoisotopic (exact) mass is 1200 g/mol. The number of benzene rings is 3. The number of carbonyl (C=O) groups excluding carboxylic acids is 2. The Morgan fingerprint density at radius 2 is 1.26 bits per heavy atom. The quantitative estimate of drug-likeness (QED) is 0.0386. The molecule has 3 aromatic carbocycles. The van der Waals surface area contributed by atoms with E-state index < -0.39 is 103 Å². The van der Waals surface area contributed by atoms with Crippen molar-refractivity contribution in [1.29, 1.82) is 0 Å². The van der Waals surface area contributed by atoms with Gasteiger partial charge >= 0.3 is 216 Å². The summed E-state index contributed by atoms with van der Waals surface area (Å²) in [7, 11) is 2.99. The first-order valence-corrected chi connectivity index (χ1v) is 34.6. The number of cyclic esters (lactones) is 1. The van der Waals surface area contributed by atoms with Gasteiger partial charge in [0.1, 0.15) is 30.0 Å². The second kappa shape index (κ2) is 30.9. The maximum atomic E-state index is 14.8. The Morgan fingerprint density at radius 3 is 1.75 bits per heavy atom. The third kappa shape index (κ3) is 17.1. The van der Waals surface area contributed by atoms with Gasteiger partial charge in [0.2, 0.25) is 0 Å². The number of ether oxygens (including phenoxy) is 5. The average Bonchev–Trinajstić information content (AvgIpc) is 1.46. The first kappa shape index (κ1) is 70.7. The zero-order valence-corrected chi connectivity index (χ0v) is 55.9. The maximum absolute atomic E-state index is 14.8. The molecule has 6 rings (SSSR count). The van der Waals surface area contributed by atoms with Gasteiger partial charge in [0.05, 0.1) is 47.6 Å². The van der Waals surface area contributed by atoms with Crippen LogP contribution in [0.4, 0.5) is 0 Å². The molecule has 0 radical (unpaired) electrons. The molecule has 15 heteroatoms. The van der Waals surface area contributed by atoms with Crippen LogP contribution in [0, 0.1) is 44.4 Å². The number of unbranched alkanes of at least 4 members (excludes halogenated alkanes) is 8. The summed E-state index contributed by atoms with van der Waals surface area (Å²) in [5, 5.41) is 65.5. The number of rotatable bonds is 21. The normalized spacial score (nSPS) is 35.0. The number of hydrogen-bond donors (Lipinski definition) is 5. The number of likely N-dealkylation sites (N-methyl/N-ethyl adjacent to an activating group) is 1. The third-order valence-electron chi connectivity index (χ3n) is 20.1. The molecule has 85 heavy (non-hydrogen) atoms. The van der Waals surface area contributed by atoms with Crippen LogP contribution in [-0.4, -0.2) is 165 Å². The molecule has 3 aliphatic heterocycles. The van der Waals surface area contributed by atoms with E-state index >= 15 is 0 Å². The third-order valence-corrected chi connectivity index (χ3v) is 25.1. The summed E-state index contributed by atoms with van der Waals surface area (Å²) in [5.41, 5.74) is -0.840. The molecule has 3 saturated heterocycles. The van der Waals surface area contributed by atoms with E-state index in [1.807, 2.05) is 46.7 Å². The molecule has 3 heterocycles. The van der Waals surface area contributed by atoms with Gasteiger partial charge in [-0.05, 0) is 86.7 Å². The fraction of sp³-hybridized carbons (Fsp3) is 0.714. The molecule has 3 aromatic rings. The Hall–Kier alpha value is -3.37. The number of aryl methyl sites for hydroxylation is 3. The fourth-order valence-electron chi connectivity index (χ4n) is 15.1. The van der Waals surface area contributed by atoms with E-state index in [1.54, 1.807) is 39.5 Å². The first-order valence-electron chi connectivity index (χ1n) is 32.4. The minimum Gasteiger partial charge on any atom is -0.388 e. The number of methoxy groups -OCH3 is 1. The van der Waals surface area contributed by atoms with Crippen molar-refractivity contribution in [2.45, 2.75) is 264 Å². The molecule has 14 nitrogen and oxygen atoms in total. The van der Waals surface area contributed by atoms with Crippen LogP contribution in [0.1, 0.15) is 176 Å². The van der Waals surface area contributed by atoms with Crippen LogP contribution in [0.2, 0.25) is 0 Å². The molecular formula is C70H113N2O12P. The Morgan fingerprint density at radius 1 is 0.741 bits per heavy atom. The van der Waals surface area contributed by atoms with Crippen LogP contribution in [0.5, 0.6) is 0 Å². The Kier molecular flexibility index (Phi) is 25.7. The summed E-state index contributed by atoms with van der Waals surface area (Å²) in [5.74, 6) is -3.63. The van der Waals surface area contributed by atoms with E-state index in [0.29, 0.717) is 12.8 Å². The fourth-order valence-corrected chi connectivity index (χ4v) is 20.3.